The third kappa shape index (κ3) is 5.91. The van der Waals surface area contributed by atoms with Gasteiger partial charge in [0.15, 0.2) is 0 Å². The van der Waals surface area contributed by atoms with Gasteiger partial charge in [0, 0.05) is 0 Å². The number of carbonyl (C=O) groups excluding carboxylic acids is 1. The summed E-state index contributed by atoms with van der Waals surface area (Å²) in [6.07, 6.45) is 10.8. The highest BCUT2D eigenvalue weighted by molar-refractivity contribution is 7.95. The largest absolute Gasteiger partial charge is 0.299 e. The predicted molar refractivity (Wildman–Crippen MR) is 125 cm³/mol. The molecule has 0 atom stereocenters. The van der Waals surface area contributed by atoms with Crippen LogP contribution in [-0.4, -0.2) is 14.7 Å². The fourth-order valence-electron chi connectivity index (χ4n) is 4.17. The summed E-state index contributed by atoms with van der Waals surface area (Å²) in [6, 6.07) is 8.70. The van der Waals surface area contributed by atoms with Crippen LogP contribution in [0.4, 0.5) is 0 Å². The van der Waals surface area contributed by atoms with Crippen molar-refractivity contribution in [3.63, 3.8) is 0 Å². The minimum atomic E-state index is -3.64. The molecule has 162 valence electrons. The maximum absolute atomic E-state index is 13.7. The zero-order chi connectivity index (χ0) is 22.4. The number of carbonyl (C=O) groups is 1. The molecule has 0 saturated heterocycles. The molecule has 0 unspecified atom stereocenters. The van der Waals surface area contributed by atoms with Crippen molar-refractivity contribution in [3.8, 4) is 0 Å². The number of hydrogen-bond acceptors (Lipinski definition) is 3. The molecule has 1 aromatic carbocycles. The van der Waals surface area contributed by atoms with E-state index in [9.17, 15) is 13.2 Å². The van der Waals surface area contributed by atoms with Gasteiger partial charge < -0.3 is 0 Å². The van der Waals surface area contributed by atoms with E-state index in [1.165, 1.54) is 0 Å². The van der Waals surface area contributed by atoms with Crippen LogP contribution >= 0.6 is 0 Å². The van der Waals surface area contributed by atoms with Gasteiger partial charge in [0.1, 0.15) is 6.29 Å². The fraction of sp³-hybridized carbons (Fsp3) is 0.423. The Morgan fingerprint density at radius 1 is 1.13 bits per heavy atom. The average Bonchev–Trinajstić information content (AvgIpc) is 2.67. The first-order valence-corrected chi connectivity index (χ1v) is 12.1. The van der Waals surface area contributed by atoms with Crippen LogP contribution in [-0.2, 0) is 14.6 Å². The maximum atomic E-state index is 13.7. The van der Waals surface area contributed by atoms with Gasteiger partial charge in [0.05, 0.1) is 9.80 Å². The van der Waals surface area contributed by atoms with Crippen LogP contribution in [0.1, 0.15) is 66.7 Å². The first-order valence-electron chi connectivity index (χ1n) is 10.6. The summed E-state index contributed by atoms with van der Waals surface area (Å²) in [5.41, 5.74) is 3.86. The summed E-state index contributed by atoms with van der Waals surface area (Å²) in [7, 11) is -3.64. The molecule has 0 amide bonds. The summed E-state index contributed by atoms with van der Waals surface area (Å²) in [6.45, 7) is 10.2. The minimum absolute atomic E-state index is 0.195. The van der Waals surface area contributed by atoms with E-state index in [4.69, 9.17) is 0 Å². The van der Waals surface area contributed by atoms with Gasteiger partial charge in [-0.2, -0.15) is 0 Å². The Kier molecular flexibility index (Phi) is 8.19. The second-order valence-corrected chi connectivity index (χ2v) is 10.8. The minimum Gasteiger partial charge on any atom is -0.299 e. The summed E-state index contributed by atoms with van der Waals surface area (Å²) in [4.78, 5) is 11.3. The Hall–Kier alpha value is -2.20. The zero-order valence-corrected chi connectivity index (χ0v) is 19.7. The number of sulfone groups is 1. The van der Waals surface area contributed by atoms with Gasteiger partial charge in [0.2, 0.25) is 9.84 Å². The van der Waals surface area contributed by atoms with Gasteiger partial charge in [-0.1, -0.05) is 54.8 Å². The van der Waals surface area contributed by atoms with Gasteiger partial charge in [-0.15, -0.1) is 0 Å². The SMILES string of the molecule is CC(=CCCC(C)=CC=O)C=C(C1=C(C)CCCC1(C)C)S(=O)(=O)c1ccccc1. The topological polar surface area (TPSA) is 51.2 Å². The Morgan fingerprint density at radius 2 is 1.80 bits per heavy atom. The molecule has 0 saturated carbocycles. The lowest BCUT2D eigenvalue weighted by atomic mass is 9.72. The first-order chi connectivity index (χ1) is 14.1. The smallest absolute Gasteiger partial charge is 0.206 e. The van der Waals surface area contributed by atoms with Gasteiger partial charge in [-0.25, -0.2) is 8.42 Å². The predicted octanol–water partition coefficient (Wildman–Crippen LogP) is 6.74. The van der Waals surface area contributed by atoms with Crippen molar-refractivity contribution in [2.24, 2.45) is 5.41 Å². The summed E-state index contributed by atoms with van der Waals surface area (Å²) in [5.74, 6) is 0. The second kappa shape index (κ2) is 10.2. The van der Waals surface area contributed by atoms with Gasteiger partial charge in [-0.3, -0.25) is 4.79 Å². The molecule has 0 N–H and O–H groups in total. The number of rotatable bonds is 8. The van der Waals surface area contributed by atoms with Crippen molar-refractivity contribution in [2.75, 3.05) is 0 Å². The first kappa shape index (κ1) is 24.1. The Balaban J connectivity index is 2.56. The van der Waals surface area contributed by atoms with Crippen molar-refractivity contribution in [2.45, 2.75) is 71.6 Å². The Morgan fingerprint density at radius 3 is 2.40 bits per heavy atom. The van der Waals surface area contributed by atoms with Crippen molar-refractivity contribution in [1.82, 2.24) is 0 Å². The standard InChI is InChI=1S/C26H34O3S/c1-20(16-18-27)11-9-12-21(2)19-24(25-22(3)13-10-17-26(25,4)5)30(28,29)23-14-7-6-8-15-23/h6-8,12,14-16,18-19H,9-11,13,17H2,1-5H3. The van der Waals surface area contributed by atoms with E-state index < -0.39 is 9.84 Å². The van der Waals surface area contributed by atoms with E-state index >= 15 is 0 Å². The Bertz CT molecular complexity index is 988. The molecule has 0 aliphatic heterocycles. The van der Waals surface area contributed by atoms with E-state index in [0.29, 0.717) is 9.80 Å². The van der Waals surface area contributed by atoms with Gasteiger partial charge in [0.25, 0.3) is 0 Å². The van der Waals surface area contributed by atoms with Crippen LogP contribution in [0.5, 0.6) is 0 Å². The molecule has 1 aliphatic carbocycles. The molecule has 30 heavy (non-hydrogen) atoms. The fourth-order valence-corrected chi connectivity index (χ4v) is 6.00. The highest BCUT2D eigenvalue weighted by Crippen LogP contribution is 2.46. The average molecular weight is 427 g/mol. The van der Waals surface area contributed by atoms with E-state index in [2.05, 4.69) is 20.8 Å². The van der Waals surface area contributed by atoms with E-state index in [-0.39, 0.29) is 5.41 Å². The molecule has 0 radical (unpaired) electrons. The van der Waals surface area contributed by atoms with Gasteiger partial charge in [-0.05, 0) is 88.1 Å². The number of hydrogen-bond donors (Lipinski definition) is 0. The molecule has 2 rings (SSSR count). The molecule has 0 aromatic heterocycles. The monoisotopic (exact) mass is 426 g/mol. The number of aldehydes is 1. The Labute approximate surface area is 182 Å². The molecule has 0 spiro atoms. The molecule has 1 aromatic rings. The molecule has 0 heterocycles. The van der Waals surface area contributed by atoms with E-state index in [1.54, 1.807) is 30.3 Å². The zero-order valence-electron chi connectivity index (χ0n) is 18.9. The van der Waals surface area contributed by atoms with Crippen molar-refractivity contribution in [3.05, 3.63) is 75.8 Å². The van der Waals surface area contributed by atoms with Crippen LogP contribution in [0.3, 0.4) is 0 Å². The molecular formula is C26H34O3S. The summed E-state index contributed by atoms with van der Waals surface area (Å²) < 4.78 is 27.4. The van der Waals surface area contributed by atoms with Crippen LogP contribution in [0.15, 0.2) is 80.7 Å². The highest BCUT2D eigenvalue weighted by atomic mass is 32.2. The lowest BCUT2D eigenvalue weighted by Gasteiger charge is -2.35. The van der Waals surface area contributed by atoms with Crippen LogP contribution in [0, 0.1) is 5.41 Å². The molecule has 3 nitrogen and oxygen atoms in total. The van der Waals surface area contributed by atoms with Crippen LogP contribution in [0.2, 0.25) is 0 Å². The van der Waals surface area contributed by atoms with E-state index in [1.807, 2.05) is 32.1 Å². The van der Waals surface area contributed by atoms with Gasteiger partial charge >= 0.3 is 0 Å². The van der Waals surface area contributed by atoms with Crippen molar-refractivity contribution in [1.29, 1.82) is 0 Å². The molecular weight excluding hydrogens is 392 g/mol. The lowest BCUT2D eigenvalue weighted by molar-refractivity contribution is -0.104. The number of benzene rings is 1. The molecule has 4 heteroatoms. The third-order valence-electron chi connectivity index (χ3n) is 5.76. The van der Waals surface area contributed by atoms with Crippen molar-refractivity contribution < 1.29 is 13.2 Å². The summed E-state index contributed by atoms with van der Waals surface area (Å²) in [5, 5.41) is 0. The second-order valence-electron chi connectivity index (χ2n) is 8.85. The molecule has 0 bridgehead atoms. The highest BCUT2D eigenvalue weighted by Gasteiger charge is 2.36. The third-order valence-corrected chi connectivity index (χ3v) is 7.56. The molecule has 1 aliphatic rings. The van der Waals surface area contributed by atoms with Crippen LogP contribution in [0.25, 0.3) is 0 Å². The van der Waals surface area contributed by atoms with Crippen molar-refractivity contribution >= 4 is 16.1 Å². The summed E-state index contributed by atoms with van der Waals surface area (Å²) >= 11 is 0. The maximum Gasteiger partial charge on any atom is 0.206 e. The van der Waals surface area contributed by atoms with E-state index in [0.717, 1.165) is 60.7 Å². The normalized spacial score (nSPS) is 18.5. The van der Waals surface area contributed by atoms with Crippen LogP contribution < -0.4 is 0 Å². The quantitative estimate of drug-likeness (QED) is 0.263. The lowest BCUT2D eigenvalue weighted by Crippen LogP contribution is -2.25. The molecule has 0 fully saturated rings. The number of allylic oxidation sites excluding steroid dienone is 7.